The summed E-state index contributed by atoms with van der Waals surface area (Å²) in [6, 6.07) is 0.0532. The number of piperidine rings is 1. The summed E-state index contributed by atoms with van der Waals surface area (Å²) in [5.74, 6) is 0. The predicted molar refractivity (Wildman–Crippen MR) is 47.4 cm³/mol. The first-order valence-corrected chi connectivity index (χ1v) is 4.77. The molecule has 3 nitrogen and oxygen atoms in total. The molecule has 2 aliphatic heterocycles. The maximum absolute atomic E-state index is 9.66. The minimum atomic E-state index is -0.179. The maximum atomic E-state index is 9.66. The number of nitrogens with zero attached hydrogens (tertiary/aromatic N) is 1. The van der Waals surface area contributed by atoms with Crippen LogP contribution in [0.2, 0.25) is 0 Å². The second kappa shape index (κ2) is 2.23. The number of epoxide rings is 1. The molecule has 0 aromatic carbocycles. The molecule has 3 aliphatic rings. The van der Waals surface area contributed by atoms with Gasteiger partial charge in [-0.05, 0) is 18.9 Å². The lowest BCUT2D eigenvalue weighted by molar-refractivity contribution is -0.129. The van der Waals surface area contributed by atoms with Gasteiger partial charge in [-0.1, -0.05) is 18.2 Å². The summed E-state index contributed by atoms with van der Waals surface area (Å²) in [4.78, 5) is 0. The fraction of sp³-hybridized carbons (Fsp3) is 0.600. The van der Waals surface area contributed by atoms with Crippen molar-refractivity contribution in [3.8, 4) is 0 Å². The van der Waals surface area contributed by atoms with Crippen molar-refractivity contribution >= 4 is 0 Å². The van der Waals surface area contributed by atoms with E-state index in [-0.39, 0.29) is 11.6 Å². The van der Waals surface area contributed by atoms with Crippen LogP contribution in [0, 0.1) is 0 Å². The molecule has 0 aromatic heterocycles. The normalized spacial score (nSPS) is 50.8. The molecule has 3 heteroatoms. The first-order chi connectivity index (χ1) is 6.29. The third-order valence-electron chi connectivity index (χ3n) is 3.36. The summed E-state index contributed by atoms with van der Waals surface area (Å²) in [6.45, 7) is 2.74. The topological polar surface area (TPSA) is 36.0 Å². The zero-order chi connectivity index (χ0) is 9.05. The SMILES string of the molecule is CC=C1C=CC2N(O)CCC3OC132. The summed E-state index contributed by atoms with van der Waals surface area (Å²) in [7, 11) is 0. The molecular weight excluding hydrogens is 166 g/mol. The van der Waals surface area contributed by atoms with Crippen LogP contribution in [0.4, 0.5) is 0 Å². The van der Waals surface area contributed by atoms with Gasteiger partial charge in [-0.15, -0.1) is 0 Å². The van der Waals surface area contributed by atoms with Crippen LogP contribution in [0.3, 0.4) is 0 Å². The minimum Gasteiger partial charge on any atom is -0.359 e. The van der Waals surface area contributed by atoms with Gasteiger partial charge in [0.1, 0.15) is 5.60 Å². The molecule has 70 valence electrons. The third kappa shape index (κ3) is 0.753. The van der Waals surface area contributed by atoms with Crippen molar-refractivity contribution in [2.24, 2.45) is 0 Å². The van der Waals surface area contributed by atoms with E-state index in [9.17, 15) is 5.21 Å². The Morgan fingerprint density at radius 2 is 2.62 bits per heavy atom. The summed E-state index contributed by atoms with van der Waals surface area (Å²) < 4.78 is 5.73. The van der Waals surface area contributed by atoms with Crippen molar-refractivity contribution < 1.29 is 9.94 Å². The van der Waals surface area contributed by atoms with Crippen LogP contribution < -0.4 is 0 Å². The first kappa shape index (κ1) is 7.74. The molecule has 2 fully saturated rings. The van der Waals surface area contributed by atoms with Crippen molar-refractivity contribution in [1.29, 1.82) is 0 Å². The molecule has 2 heterocycles. The number of ether oxygens (including phenoxy) is 1. The zero-order valence-electron chi connectivity index (χ0n) is 7.60. The molecule has 1 N–H and O–H groups in total. The standard InChI is InChI=1S/C10H13NO2/c1-2-7-3-4-8-10(7)9(13-10)5-6-11(8)12/h2-4,8-9,12H,5-6H2,1H3. The van der Waals surface area contributed by atoms with E-state index >= 15 is 0 Å². The van der Waals surface area contributed by atoms with Crippen LogP contribution >= 0.6 is 0 Å². The molecule has 0 bridgehead atoms. The third-order valence-corrected chi connectivity index (χ3v) is 3.36. The monoisotopic (exact) mass is 179 g/mol. The van der Waals surface area contributed by atoms with E-state index in [1.807, 2.05) is 13.0 Å². The van der Waals surface area contributed by atoms with E-state index in [1.165, 1.54) is 10.6 Å². The quantitative estimate of drug-likeness (QED) is 0.566. The zero-order valence-corrected chi connectivity index (χ0v) is 7.60. The van der Waals surface area contributed by atoms with Crippen LogP contribution in [0.25, 0.3) is 0 Å². The second-order valence-electron chi connectivity index (χ2n) is 3.90. The minimum absolute atomic E-state index is 0.0532. The van der Waals surface area contributed by atoms with E-state index in [1.54, 1.807) is 0 Å². The average molecular weight is 179 g/mol. The number of hydrogen-bond donors (Lipinski definition) is 1. The molecule has 1 aliphatic carbocycles. The van der Waals surface area contributed by atoms with Gasteiger partial charge in [-0.2, -0.15) is 5.06 Å². The highest BCUT2D eigenvalue weighted by Gasteiger charge is 2.67. The van der Waals surface area contributed by atoms with Crippen LogP contribution in [0.1, 0.15) is 13.3 Å². The van der Waals surface area contributed by atoms with Crippen LogP contribution in [0.5, 0.6) is 0 Å². The van der Waals surface area contributed by atoms with Crippen molar-refractivity contribution in [1.82, 2.24) is 5.06 Å². The van der Waals surface area contributed by atoms with Crippen molar-refractivity contribution in [3.05, 3.63) is 23.8 Å². The van der Waals surface area contributed by atoms with Gasteiger partial charge in [-0.25, -0.2) is 0 Å². The molecule has 0 radical (unpaired) electrons. The van der Waals surface area contributed by atoms with Gasteiger partial charge in [0.15, 0.2) is 0 Å². The van der Waals surface area contributed by atoms with Crippen molar-refractivity contribution in [2.75, 3.05) is 6.54 Å². The maximum Gasteiger partial charge on any atom is 0.141 e. The Morgan fingerprint density at radius 1 is 1.77 bits per heavy atom. The Morgan fingerprint density at radius 3 is 3.38 bits per heavy atom. The van der Waals surface area contributed by atoms with Crippen molar-refractivity contribution in [3.63, 3.8) is 0 Å². The Labute approximate surface area is 77.2 Å². The predicted octanol–water partition coefficient (Wildman–Crippen LogP) is 1.10. The first-order valence-electron chi connectivity index (χ1n) is 4.77. The van der Waals surface area contributed by atoms with E-state index in [0.29, 0.717) is 6.10 Å². The summed E-state index contributed by atoms with van der Waals surface area (Å²) in [6.07, 6.45) is 7.46. The highest BCUT2D eigenvalue weighted by Crippen LogP contribution is 2.55. The molecule has 0 aromatic rings. The Balaban J connectivity index is 2.02. The van der Waals surface area contributed by atoms with Gasteiger partial charge >= 0.3 is 0 Å². The highest BCUT2D eigenvalue weighted by molar-refractivity contribution is 5.47. The van der Waals surface area contributed by atoms with Gasteiger partial charge in [0, 0.05) is 6.54 Å². The lowest BCUT2D eigenvalue weighted by atomic mass is 9.89. The number of hydrogen-bond acceptors (Lipinski definition) is 3. The highest BCUT2D eigenvalue weighted by atomic mass is 16.6. The van der Waals surface area contributed by atoms with Gasteiger partial charge in [0.2, 0.25) is 0 Å². The molecule has 3 rings (SSSR count). The molecule has 13 heavy (non-hydrogen) atoms. The molecular formula is C10H13NO2. The molecule has 0 amide bonds. The molecule has 1 spiro atoms. The van der Waals surface area contributed by atoms with E-state index < -0.39 is 0 Å². The number of rotatable bonds is 0. The van der Waals surface area contributed by atoms with Crippen molar-refractivity contribution in [2.45, 2.75) is 31.1 Å². The van der Waals surface area contributed by atoms with Crippen LogP contribution in [-0.4, -0.2) is 34.6 Å². The fourth-order valence-corrected chi connectivity index (χ4v) is 2.66. The van der Waals surface area contributed by atoms with Gasteiger partial charge in [-0.3, -0.25) is 0 Å². The Hall–Kier alpha value is -0.640. The van der Waals surface area contributed by atoms with Crippen LogP contribution in [0.15, 0.2) is 23.8 Å². The van der Waals surface area contributed by atoms with E-state index in [2.05, 4.69) is 12.2 Å². The average Bonchev–Trinajstić information content (AvgIpc) is 2.72. The lowest BCUT2D eigenvalue weighted by Crippen LogP contribution is -2.47. The Kier molecular flexibility index (Phi) is 1.33. The molecule has 3 unspecified atom stereocenters. The van der Waals surface area contributed by atoms with E-state index in [0.717, 1.165) is 13.0 Å². The van der Waals surface area contributed by atoms with Gasteiger partial charge in [0.25, 0.3) is 0 Å². The number of hydroxylamine groups is 2. The lowest BCUT2D eigenvalue weighted by Gasteiger charge is -2.29. The molecule has 3 atom stereocenters. The number of allylic oxidation sites excluding steroid dienone is 1. The molecule has 2 saturated heterocycles. The Bertz CT molecular complexity index is 310. The molecule has 0 saturated carbocycles. The summed E-state index contributed by atoms with van der Waals surface area (Å²) >= 11 is 0. The second-order valence-corrected chi connectivity index (χ2v) is 3.90. The van der Waals surface area contributed by atoms with E-state index in [4.69, 9.17) is 4.74 Å². The van der Waals surface area contributed by atoms with Gasteiger partial charge < -0.3 is 9.94 Å². The van der Waals surface area contributed by atoms with Crippen LogP contribution in [-0.2, 0) is 4.74 Å². The van der Waals surface area contributed by atoms with Gasteiger partial charge in [0.05, 0.1) is 12.1 Å². The summed E-state index contributed by atoms with van der Waals surface area (Å²) in [5.41, 5.74) is 1.04. The fourth-order valence-electron chi connectivity index (χ4n) is 2.66. The largest absolute Gasteiger partial charge is 0.359 e. The smallest absolute Gasteiger partial charge is 0.141 e. The summed E-state index contributed by atoms with van der Waals surface area (Å²) in [5, 5.41) is 11.1.